The lowest BCUT2D eigenvalue weighted by molar-refractivity contribution is 1.04. The van der Waals surface area contributed by atoms with E-state index in [2.05, 4.69) is 46.1 Å². The molecule has 1 N–H and O–H groups in total. The number of halogens is 1. The largest absolute Gasteiger partial charge is 0.309 e. The molecule has 0 unspecified atom stereocenters. The highest BCUT2D eigenvalue weighted by Crippen LogP contribution is 2.35. The molecule has 0 aliphatic carbocycles. The number of hydrogen-bond acceptors (Lipinski definition) is 5. The van der Waals surface area contributed by atoms with Crippen LogP contribution >= 0.6 is 34.7 Å². The number of nitrogens with zero attached hydrogens (tertiary/aromatic N) is 2. The Balaban J connectivity index is 1.69. The number of nitrogens with one attached hydrogen (secondary N) is 1. The van der Waals surface area contributed by atoms with E-state index in [-0.39, 0.29) is 5.56 Å². The van der Waals surface area contributed by atoms with Crippen LogP contribution in [-0.2, 0) is 5.75 Å². The molecule has 0 saturated carbocycles. The van der Waals surface area contributed by atoms with Gasteiger partial charge in [-0.2, -0.15) is 0 Å². The van der Waals surface area contributed by atoms with Gasteiger partial charge in [-0.25, -0.2) is 9.97 Å². The maximum Gasteiger partial charge on any atom is 0.260 e. The fraction of sp³-hybridized carbons (Fsp3) is 0.150. The minimum atomic E-state index is -0.0976. The smallest absolute Gasteiger partial charge is 0.260 e. The summed E-state index contributed by atoms with van der Waals surface area (Å²) < 4.78 is 0. The first-order valence-corrected chi connectivity index (χ1v) is 10.5. The number of fused-ring (bicyclic) bond motifs is 1. The lowest BCUT2D eigenvalue weighted by Crippen LogP contribution is -2.10. The molecule has 0 spiro atoms. The van der Waals surface area contributed by atoms with Crippen LogP contribution in [0.15, 0.2) is 52.4 Å². The normalized spacial score (nSPS) is 11.2. The van der Waals surface area contributed by atoms with Gasteiger partial charge in [-0.05, 0) is 31.5 Å². The molecule has 4 rings (SSSR count). The molecule has 3 heterocycles. The van der Waals surface area contributed by atoms with Gasteiger partial charge in [-0.1, -0.05) is 53.2 Å². The first kappa shape index (κ1) is 18.2. The summed E-state index contributed by atoms with van der Waals surface area (Å²) in [7, 11) is 0. The van der Waals surface area contributed by atoms with Crippen LogP contribution in [0.2, 0.25) is 5.02 Å². The summed E-state index contributed by atoms with van der Waals surface area (Å²) in [5.74, 6) is 1.18. The van der Waals surface area contributed by atoms with E-state index in [1.807, 2.05) is 13.0 Å². The molecule has 4 nitrogen and oxygen atoms in total. The van der Waals surface area contributed by atoms with Crippen LogP contribution in [0, 0.1) is 13.8 Å². The van der Waals surface area contributed by atoms with Crippen molar-refractivity contribution in [2.45, 2.75) is 24.6 Å². The lowest BCUT2D eigenvalue weighted by Gasteiger charge is -2.04. The van der Waals surface area contributed by atoms with Gasteiger partial charge in [0.25, 0.3) is 5.56 Å². The zero-order valence-electron chi connectivity index (χ0n) is 14.7. The van der Waals surface area contributed by atoms with Crippen LogP contribution in [0.1, 0.15) is 16.3 Å². The fourth-order valence-corrected chi connectivity index (χ4v) is 4.78. The molecule has 4 aromatic rings. The van der Waals surface area contributed by atoms with Crippen LogP contribution in [0.25, 0.3) is 21.3 Å². The third kappa shape index (κ3) is 3.78. The number of rotatable bonds is 4. The number of aromatic amines is 1. The molecule has 7 heteroatoms. The second-order valence-electron chi connectivity index (χ2n) is 6.20. The summed E-state index contributed by atoms with van der Waals surface area (Å²) in [5.41, 5.74) is 3.11. The monoisotopic (exact) mass is 413 g/mol. The van der Waals surface area contributed by atoms with Crippen LogP contribution in [0.4, 0.5) is 0 Å². The molecular formula is C20H16ClN3OS2. The van der Waals surface area contributed by atoms with E-state index in [0.29, 0.717) is 22.0 Å². The molecule has 1 aromatic carbocycles. The highest BCUT2D eigenvalue weighted by Gasteiger charge is 2.16. The van der Waals surface area contributed by atoms with E-state index in [9.17, 15) is 4.79 Å². The predicted molar refractivity (Wildman–Crippen MR) is 114 cm³/mol. The summed E-state index contributed by atoms with van der Waals surface area (Å²) >= 11 is 8.93. The van der Waals surface area contributed by atoms with Gasteiger partial charge in [0.05, 0.1) is 21.2 Å². The van der Waals surface area contributed by atoms with Crippen molar-refractivity contribution in [2.75, 3.05) is 0 Å². The van der Waals surface area contributed by atoms with Crippen molar-refractivity contribution in [1.82, 2.24) is 15.0 Å². The van der Waals surface area contributed by atoms with Gasteiger partial charge in [0.1, 0.15) is 10.7 Å². The van der Waals surface area contributed by atoms with E-state index < -0.39 is 0 Å². The van der Waals surface area contributed by atoms with Crippen molar-refractivity contribution in [3.8, 4) is 11.1 Å². The lowest BCUT2D eigenvalue weighted by atomic mass is 10.0. The topological polar surface area (TPSA) is 58.6 Å². The average Bonchev–Trinajstić information content (AvgIpc) is 2.98. The Morgan fingerprint density at radius 1 is 1.15 bits per heavy atom. The minimum absolute atomic E-state index is 0.0976. The zero-order chi connectivity index (χ0) is 19.0. The van der Waals surface area contributed by atoms with Crippen molar-refractivity contribution in [2.24, 2.45) is 0 Å². The molecule has 0 radical (unpaired) electrons. The number of thioether (sulfide) groups is 1. The van der Waals surface area contributed by atoms with Gasteiger partial charge < -0.3 is 4.98 Å². The van der Waals surface area contributed by atoms with Gasteiger partial charge >= 0.3 is 0 Å². The molecule has 0 bridgehead atoms. The summed E-state index contributed by atoms with van der Waals surface area (Å²) in [6.07, 6.45) is 1.61. The van der Waals surface area contributed by atoms with E-state index >= 15 is 0 Å². The van der Waals surface area contributed by atoms with Gasteiger partial charge in [0.2, 0.25) is 0 Å². The third-order valence-corrected chi connectivity index (χ3v) is 6.36. The quantitative estimate of drug-likeness (QED) is 0.442. The van der Waals surface area contributed by atoms with E-state index in [4.69, 9.17) is 11.6 Å². The summed E-state index contributed by atoms with van der Waals surface area (Å²) in [5, 5.41) is 2.11. The van der Waals surface area contributed by atoms with Crippen molar-refractivity contribution in [3.63, 3.8) is 0 Å². The molecule has 0 amide bonds. The van der Waals surface area contributed by atoms with Crippen molar-refractivity contribution < 1.29 is 0 Å². The van der Waals surface area contributed by atoms with Crippen LogP contribution in [0.5, 0.6) is 0 Å². The summed E-state index contributed by atoms with van der Waals surface area (Å²) in [4.78, 5) is 26.5. The summed E-state index contributed by atoms with van der Waals surface area (Å²) in [6.45, 7) is 4.09. The van der Waals surface area contributed by atoms with E-state index in [1.165, 1.54) is 17.3 Å². The SMILES string of the molecule is Cc1ccc(-c2c(C)sc3nc(CSc4ccc(Cl)cn4)[nH]c(=O)c23)cc1. The van der Waals surface area contributed by atoms with Gasteiger partial charge in [0, 0.05) is 16.6 Å². The number of thiophene rings is 1. The van der Waals surface area contributed by atoms with Crippen molar-refractivity contribution >= 4 is 44.9 Å². The molecule has 0 atom stereocenters. The highest BCUT2D eigenvalue weighted by molar-refractivity contribution is 7.98. The molecule has 0 fully saturated rings. The Morgan fingerprint density at radius 3 is 2.63 bits per heavy atom. The Morgan fingerprint density at radius 2 is 1.93 bits per heavy atom. The molecule has 27 heavy (non-hydrogen) atoms. The Hall–Kier alpha value is -2.15. The van der Waals surface area contributed by atoms with Gasteiger partial charge in [0.15, 0.2) is 0 Å². The Kier molecular flexibility index (Phi) is 5.04. The standard InChI is InChI=1S/C20H16ClN3OS2/c1-11-3-5-13(6-4-11)17-12(2)27-20-18(17)19(25)23-15(24-20)10-26-16-8-7-14(21)9-22-16/h3-9H,10H2,1-2H3,(H,23,24,25). The molecule has 3 aromatic heterocycles. The molecule has 136 valence electrons. The first-order chi connectivity index (χ1) is 13.0. The second kappa shape index (κ2) is 7.46. The molecular weight excluding hydrogens is 398 g/mol. The molecule has 0 saturated heterocycles. The van der Waals surface area contributed by atoms with Gasteiger partial charge in [-0.3, -0.25) is 4.79 Å². The van der Waals surface area contributed by atoms with Crippen molar-refractivity contribution in [3.05, 3.63) is 74.2 Å². The number of aryl methyl sites for hydroxylation is 2. The van der Waals surface area contributed by atoms with Crippen LogP contribution < -0.4 is 5.56 Å². The second-order valence-corrected chi connectivity index (χ2v) is 8.83. The fourth-order valence-electron chi connectivity index (χ4n) is 2.89. The number of H-pyrrole nitrogens is 1. The van der Waals surface area contributed by atoms with Crippen LogP contribution in [-0.4, -0.2) is 15.0 Å². The van der Waals surface area contributed by atoms with Gasteiger partial charge in [-0.15, -0.1) is 11.3 Å². The third-order valence-electron chi connectivity index (χ3n) is 4.18. The van der Waals surface area contributed by atoms with E-state index in [0.717, 1.165) is 25.9 Å². The average molecular weight is 414 g/mol. The predicted octanol–water partition coefficient (Wildman–Crippen LogP) is 5.61. The Labute approximate surface area is 169 Å². The first-order valence-electron chi connectivity index (χ1n) is 8.35. The number of hydrogen-bond donors (Lipinski definition) is 1. The number of benzene rings is 1. The van der Waals surface area contributed by atoms with Crippen LogP contribution in [0.3, 0.4) is 0 Å². The maximum absolute atomic E-state index is 12.8. The van der Waals surface area contributed by atoms with E-state index in [1.54, 1.807) is 23.6 Å². The summed E-state index contributed by atoms with van der Waals surface area (Å²) in [6, 6.07) is 11.9. The molecule has 0 aliphatic heterocycles. The maximum atomic E-state index is 12.8. The highest BCUT2D eigenvalue weighted by atomic mass is 35.5. The van der Waals surface area contributed by atoms with Crippen molar-refractivity contribution in [1.29, 1.82) is 0 Å². The minimum Gasteiger partial charge on any atom is -0.309 e. The zero-order valence-corrected chi connectivity index (χ0v) is 17.1. The number of aromatic nitrogens is 3. The molecule has 0 aliphatic rings. The number of pyridine rings is 1. The Bertz CT molecular complexity index is 1170.